The summed E-state index contributed by atoms with van der Waals surface area (Å²) < 4.78 is 2.67. The number of hydrogen-bond acceptors (Lipinski definition) is 8. The molecule has 278 valence electrons. The molecule has 8 heteroatoms. The Balaban J connectivity index is 1.18. The Labute approximate surface area is 359 Å². The SMILES string of the molecule is Cc1ccc(-c2cc3c4cc(-c5ccc(-c6ccc(C)s6)s5)sc4c4cc(-c5ccc(C)nc5)cc5c6cc(-c7ccc(-c8ccc(C)s8)s7)sc6c(c2)c3c54)cn1. The van der Waals surface area contributed by atoms with Gasteiger partial charge in [-0.1, -0.05) is 12.1 Å². The van der Waals surface area contributed by atoms with Gasteiger partial charge >= 0.3 is 0 Å². The van der Waals surface area contributed by atoms with Crippen LogP contribution in [0.2, 0.25) is 0 Å². The van der Waals surface area contributed by atoms with Crippen molar-refractivity contribution in [3.8, 4) is 61.3 Å². The molecule has 0 bridgehead atoms. The average Bonchev–Trinajstić information content (AvgIpc) is 4.09. The van der Waals surface area contributed by atoms with Crippen molar-refractivity contribution in [3.05, 3.63) is 143 Å². The molecular weight excluding hydrogens is 821 g/mol. The fraction of sp³-hybridized carbons (Fsp3) is 0.0800. The predicted octanol–water partition coefficient (Wildman–Crippen LogP) is 17.3. The molecule has 2 nitrogen and oxygen atoms in total. The van der Waals surface area contributed by atoms with E-state index in [1.54, 1.807) is 0 Å². The molecule has 0 saturated carbocycles. The normalized spacial score (nSPS) is 12.1. The fourth-order valence-electron chi connectivity index (χ4n) is 8.38. The Bertz CT molecular complexity index is 3210. The summed E-state index contributed by atoms with van der Waals surface area (Å²) in [5, 5.41) is 10.6. The number of benzene rings is 4. The van der Waals surface area contributed by atoms with Gasteiger partial charge < -0.3 is 0 Å². The van der Waals surface area contributed by atoms with Crippen molar-refractivity contribution in [3.63, 3.8) is 0 Å². The van der Waals surface area contributed by atoms with Gasteiger partial charge in [0.05, 0.1) is 0 Å². The van der Waals surface area contributed by atoms with E-state index in [1.165, 1.54) is 112 Å². The maximum absolute atomic E-state index is 4.75. The fourth-order valence-corrected chi connectivity index (χ4v) is 14.9. The van der Waals surface area contributed by atoms with Crippen LogP contribution in [-0.2, 0) is 0 Å². The van der Waals surface area contributed by atoms with E-state index < -0.39 is 0 Å². The zero-order valence-corrected chi connectivity index (χ0v) is 36.8. The van der Waals surface area contributed by atoms with Gasteiger partial charge in [0.15, 0.2) is 0 Å². The molecule has 58 heavy (non-hydrogen) atoms. The number of hydrogen-bond donors (Lipinski definition) is 0. The van der Waals surface area contributed by atoms with Crippen LogP contribution in [0.25, 0.3) is 114 Å². The van der Waals surface area contributed by atoms with Gasteiger partial charge in [0.2, 0.25) is 0 Å². The molecule has 8 heterocycles. The van der Waals surface area contributed by atoms with Crippen LogP contribution in [0, 0.1) is 27.7 Å². The molecule has 0 radical (unpaired) electrons. The molecule has 0 N–H and O–H groups in total. The molecule has 0 saturated heterocycles. The average molecular weight is 853 g/mol. The third kappa shape index (κ3) is 5.58. The van der Waals surface area contributed by atoms with Gasteiger partial charge in [0.1, 0.15) is 0 Å². The zero-order valence-electron chi connectivity index (χ0n) is 31.9. The first-order chi connectivity index (χ1) is 28.3. The first-order valence-electron chi connectivity index (χ1n) is 19.2. The molecule has 0 amide bonds. The molecule has 12 rings (SSSR count). The summed E-state index contributed by atoms with van der Waals surface area (Å²) in [6.07, 6.45) is 4.08. The number of nitrogens with zero attached hydrogens (tertiary/aromatic N) is 2. The molecule has 0 atom stereocenters. The van der Waals surface area contributed by atoms with E-state index in [4.69, 9.17) is 9.97 Å². The van der Waals surface area contributed by atoms with Crippen LogP contribution < -0.4 is 0 Å². The number of pyridine rings is 2. The van der Waals surface area contributed by atoms with E-state index in [9.17, 15) is 0 Å². The molecule has 0 spiro atoms. The van der Waals surface area contributed by atoms with Crippen LogP contribution in [0.3, 0.4) is 0 Å². The van der Waals surface area contributed by atoms with Crippen molar-refractivity contribution in [1.82, 2.24) is 9.97 Å². The van der Waals surface area contributed by atoms with Crippen LogP contribution in [0.15, 0.2) is 122 Å². The lowest BCUT2D eigenvalue weighted by Crippen LogP contribution is -1.90. The molecule has 0 aliphatic rings. The van der Waals surface area contributed by atoms with Gasteiger partial charge in [-0.2, -0.15) is 0 Å². The Morgan fingerprint density at radius 1 is 0.310 bits per heavy atom. The second-order valence-electron chi connectivity index (χ2n) is 15.1. The third-order valence-electron chi connectivity index (χ3n) is 11.2. The summed E-state index contributed by atoms with van der Waals surface area (Å²) in [5.41, 5.74) is 6.74. The summed E-state index contributed by atoms with van der Waals surface area (Å²) in [6.45, 7) is 8.49. The highest BCUT2D eigenvalue weighted by molar-refractivity contribution is 7.30. The molecule has 0 aliphatic heterocycles. The van der Waals surface area contributed by atoms with Gasteiger partial charge in [-0.3, -0.25) is 9.97 Å². The molecular formula is C50H32N2S6. The van der Waals surface area contributed by atoms with Crippen molar-refractivity contribution in [2.45, 2.75) is 27.7 Å². The monoisotopic (exact) mass is 852 g/mol. The van der Waals surface area contributed by atoms with E-state index in [2.05, 4.69) is 137 Å². The summed E-state index contributed by atoms with van der Waals surface area (Å²) in [4.78, 5) is 22.8. The minimum absolute atomic E-state index is 1.03. The molecule has 12 aromatic rings. The first kappa shape index (κ1) is 34.9. The number of thiophene rings is 6. The highest BCUT2D eigenvalue weighted by Gasteiger charge is 2.24. The summed E-state index contributed by atoms with van der Waals surface area (Å²) in [5.74, 6) is 0. The highest BCUT2D eigenvalue weighted by Crippen LogP contribution is 2.54. The summed E-state index contributed by atoms with van der Waals surface area (Å²) in [7, 11) is 0. The van der Waals surface area contributed by atoms with Crippen LogP contribution in [0.4, 0.5) is 0 Å². The molecule has 0 unspecified atom stereocenters. The maximum Gasteiger partial charge on any atom is 0.0455 e. The van der Waals surface area contributed by atoms with Crippen molar-refractivity contribution in [2.75, 3.05) is 0 Å². The van der Waals surface area contributed by atoms with Crippen molar-refractivity contribution in [1.29, 1.82) is 0 Å². The second-order valence-corrected chi connectivity index (χ2v) is 22.0. The van der Waals surface area contributed by atoms with Crippen molar-refractivity contribution >= 4 is 121 Å². The minimum Gasteiger partial charge on any atom is -0.261 e. The van der Waals surface area contributed by atoms with E-state index in [1.807, 2.05) is 80.4 Å². The number of aromatic nitrogens is 2. The van der Waals surface area contributed by atoms with E-state index >= 15 is 0 Å². The zero-order chi connectivity index (χ0) is 38.8. The first-order valence-corrected chi connectivity index (χ1v) is 24.1. The Hall–Kier alpha value is -5.06. The van der Waals surface area contributed by atoms with Crippen LogP contribution >= 0.6 is 68.0 Å². The Kier molecular flexibility index (Phi) is 7.97. The molecule has 4 aromatic carbocycles. The maximum atomic E-state index is 4.75. The van der Waals surface area contributed by atoms with E-state index in [-0.39, 0.29) is 0 Å². The predicted molar refractivity (Wildman–Crippen MR) is 260 cm³/mol. The number of aryl methyl sites for hydroxylation is 4. The quantitative estimate of drug-likeness (QED) is 0.156. The van der Waals surface area contributed by atoms with Gasteiger partial charge in [-0.15, -0.1) is 68.0 Å². The second kappa shape index (κ2) is 13.2. The largest absolute Gasteiger partial charge is 0.261 e. The van der Waals surface area contributed by atoms with Gasteiger partial charge in [0.25, 0.3) is 0 Å². The standard InChI is InChI=1S/C50H32N2S6/c1-25-5-9-29(23-51-25)31-17-33-35-21-45(43-15-13-41(55-43)39-11-7-27(3)53-39)58-50(35)38-20-32(30-10-6-26(2)52-24-30)18-34-36-22-46(57-49(36)37(19-31)47(33)48(34)38)44-16-14-42(56-44)40-12-8-28(4)54-40/h5-24H,1-4H3. The van der Waals surface area contributed by atoms with Crippen molar-refractivity contribution in [2.24, 2.45) is 0 Å². The molecule has 0 fully saturated rings. The number of rotatable bonds is 6. The van der Waals surface area contributed by atoms with Crippen LogP contribution in [0.5, 0.6) is 0 Å². The van der Waals surface area contributed by atoms with Crippen molar-refractivity contribution < 1.29 is 0 Å². The van der Waals surface area contributed by atoms with Gasteiger partial charge in [-0.05, 0) is 157 Å². The summed E-state index contributed by atoms with van der Waals surface area (Å²) in [6, 6.07) is 41.6. The van der Waals surface area contributed by atoms with E-state index in [0.29, 0.717) is 0 Å². The lowest BCUT2D eigenvalue weighted by Gasteiger charge is -2.17. The van der Waals surface area contributed by atoms with Crippen LogP contribution in [-0.4, -0.2) is 9.97 Å². The Morgan fingerprint density at radius 2 is 0.690 bits per heavy atom. The van der Waals surface area contributed by atoms with Crippen LogP contribution in [0.1, 0.15) is 21.1 Å². The lowest BCUT2D eigenvalue weighted by molar-refractivity contribution is 1.20. The third-order valence-corrected chi connectivity index (χ3v) is 18.5. The smallest absolute Gasteiger partial charge is 0.0455 e. The topological polar surface area (TPSA) is 25.8 Å². The number of fused-ring (bicyclic) bond motifs is 6. The molecule has 0 aliphatic carbocycles. The summed E-state index contributed by atoms with van der Waals surface area (Å²) >= 11 is 11.4. The highest BCUT2D eigenvalue weighted by atomic mass is 32.1. The lowest BCUT2D eigenvalue weighted by atomic mass is 9.87. The van der Waals surface area contributed by atoms with Gasteiger partial charge in [0, 0.05) is 115 Å². The Morgan fingerprint density at radius 3 is 1.07 bits per heavy atom. The van der Waals surface area contributed by atoms with Gasteiger partial charge in [-0.25, -0.2) is 0 Å². The molecule has 8 aromatic heterocycles. The minimum atomic E-state index is 1.03. The van der Waals surface area contributed by atoms with E-state index in [0.717, 1.165) is 22.5 Å².